The van der Waals surface area contributed by atoms with Crippen LogP contribution in [0.2, 0.25) is 0 Å². The molecule has 0 bridgehead atoms. The van der Waals surface area contributed by atoms with Gasteiger partial charge in [0.1, 0.15) is 0 Å². The van der Waals surface area contributed by atoms with Crippen molar-refractivity contribution in [3.8, 4) is 0 Å². The number of nitro benzene ring substituents is 8. The van der Waals surface area contributed by atoms with Crippen molar-refractivity contribution in [2.75, 3.05) is 10.6 Å². The van der Waals surface area contributed by atoms with Gasteiger partial charge in [0.05, 0.1) is 39.4 Å². The first-order valence-corrected chi connectivity index (χ1v) is 12.8. The third-order valence-corrected chi connectivity index (χ3v) is 6.22. The lowest BCUT2D eigenvalue weighted by Crippen LogP contribution is -2.09. The second kappa shape index (κ2) is 14.3. The monoisotopic (exact) mass is 796 g/mol. The number of aromatic nitrogens is 6. The van der Waals surface area contributed by atoms with E-state index >= 15 is 0 Å². The largest absolute Gasteiger partial charge is 0.455 e. The molecule has 2 aromatic heterocycles. The number of nitrogens with zero attached hydrogens (tertiary/aromatic N) is 16. The molecule has 0 fully saturated rings. The van der Waals surface area contributed by atoms with Gasteiger partial charge in [0.25, 0.3) is 11.4 Å². The van der Waals surface area contributed by atoms with Gasteiger partial charge in [-0.2, -0.15) is 0 Å². The number of aromatic amines is 2. The van der Waals surface area contributed by atoms with Crippen molar-refractivity contribution in [3.63, 3.8) is 0 Å². The van der Waals surface area contributed by atoms with Gasteiger partial charge in [0.2, 0.25) is 11.4 Å². The van der Waals surface area contributed by atoms with E-state index in [2.05, 4.69) is 30.4 Å². The quantitative estimate of drug-likeness (QED) is 0.0719. The number of nitro groups is 10. The second-order valence-corrected chi connectivity index (χ2v) is 9.22. The summed E-state index contributed by atoms with van der Waals surface area (Å²) in [5.41, 5.74) is -26.0. The van der Waals surface area contributed by atoms with Crippen molar-refractivity contribution in [3.05, 3.63) is 101 Å². The SMILES string of the molecule is O=[N+]([O-])c1nc(Nc2c([N+](=O)[O-])c([N+](=O)[O-])c(N=Nc3c([N+](=O)[O-])c([N+](=O)[O-])c(Nc4n[nH]c([N+](=O)[O-])n4)c([N+](=O)[O-])c3[N+](=O)[O-])c([N+](=O)[O-])c2[N+](=O)[O-])n[nH]1. The molecule has 0 aliphatic rings. The van der Waals surface area contributed by atoms with Crippen LogP contribution < -0.4 is 10.6 Å². The predicted octanol–water partition coefficient (Wildman–Crippen LogP) is 2.91. The molecule has 0 aliphatic heterocycles. The van der Waals surface area contributed by atoms with E-state index in [4.69, 9.17) is 0 Å². The van der Waals surface area contributed by atoms with Crippen molar-refractivity contribution in [1.29, 1.82) is 0 Å². The highest BCUT2D eigenvalue weighted by molar-refractivity contribution is 5.99. The zero-order valence-corrected chi connectivity index (χ0v) is 25.3. The first-order valence-electron chi connectivity index (χ1n) is 12.8. The molecule has 0 aliphatic carbocycles. The van der Waals surface area contributed by atoms with E-state index < -0.39 is 141 Å². The standard InChI is InChI=1S/C16H4N20O20/c37-27(38)5-1(17-13-19-15(25-23-13)35(53)54)6(28(39)40)10(32(47)48)3(9(5)31(45)46)21-22-4-11(33(49)50)7(29(41)42)2(8(30(43)44)12(4)34(51)52)18-14-20-16(26-24-14)36(55)56/h(H2,17,19,23,25)(H2,18,20,24,26). The summed E-state index contributed by atoms with van der Waals surface area (Å²) in [5.74, 6) is -4.91. The molecule has 0 spiro atoms. The van der Waals surface area contributed by atoms with Gasteiger partial charge in [0, 0.05) is 0 Å². The highest BCUT2D eigenvalue weighted by atomic mass is 16.7. The van der Waals surface area contributed by atoms with Gasteiger partial charge < -0.3 is 20.2 Å². The summed E-state index contributed by atoms with van der Waals surface area (Å²) >= 11 is 0. The minimum atomic E-state index is -2.29. The van der Waals surface area contributed by atoms with Crippen LogP contribution in [0.5, 0.6) is 0 Å². The molecule has 40 nitrogen and oxygen atoms in total. The zero-order valence-electron chi connectivity index (χ0n) is 25.3. The van der Waals surface area contributed by atoms with Crippen molar-refractivity contribution >= 4 is 92.0 Å². The van der Waals surface area contributed by atoms with Gasteiger partial charge in [-0.05, 0) is 19.8 Å². The normalized spacial score (nSPS) is 10.8. The van der Waals surface area contributed by atoms with E-state index in [-0.39, 0.29) is 0 Å². The molecule has 0 radical (unpaired) electrons. The molecule has 4 rings (SSSR count). The smallest absolute Gasteiger partial charge is 0.390 e. The Bertz CT molecular complexity index is 2260. The molecule has 4 aromatic rings. The molecule has 0 saturated heterocycles. The molecule has 288 valence electrons. The maximum absolute atomic E-state index is 12.2. The number of H-pyrrole nitrogens is 2. The Balaban J connectivity index is 2.22. The lowest BCUT2D eigenvalue weighted by Gasteiger charge is -2.08. The molecular weight excluding hydrogens is 792 g/mol. The maximum Gasteiger partial charge on any atom is 0.455 e. The van der Waals surface area contributed by atoms with Crippen LogP contribution in [0.1, 0.15) is 0 Å². The van der Waals surface area contributed by atoms with E-state index in [1.807, 2.05) is 0 Å². The summed E-state index contributed by atoms with van der Waals surface area (Å²) in [6, 6.07) is 0. The molecule has 0 unspecified atom stereocenters. The van der Waals surface area contributed by atoms with Crippen LogP contribution in [0.3, 0.4) is 0 Å². The zero-order chi connectivity index (χ0) is 42.1. The molecule has 0 amide bonds. The number of hydrogen-bond donors (Lipinski definition) is 4. The van der Waals surface area contributed by atoms with Crippen LogP contribution in [-0.4, -0.2) is 79.6 Å². The van der Waals surface area contributed by atoms with Gasteiger partial charge in [0.15, 0.2) is 0 Å². The second-order valence-electron chi connectivity index (χ2n) is 9.22. The number of azo groups is 1. The van der Waals surface area contributed by atoms with E-state index in [1.165, 1.54) is 0 Å². The highest BCUT2D eigenvalue weighted by Crippen LogP contribution is 2.58. The lowest BCUT2D eigenvalue weighted by atomic mass is 10.1. The minimum Gasteiger partial charge on any atom is -0.390 e. The minimum absolute atomic E-state index is 1.21. The number of benzene rings is 2. The maximum atomic E-state index is 12.2. The average Bonchev–Trinajstić information content (AvgIpc) is 3.76. The fourth-order valence-corrected chi connectivity index (χ4v) is 4.31. The summed E-state index contributed by atoms with van der Waals surface area (Å²) in [5, 5.41) is 138. The summed E-state index contributed by atoms with van der Waals surface area (Å²) in [6.07, 6.45) is 0. The third-order valence-electron chi connectivity index (χ3n) is 6.22. The highest BCUT2D eigenvalue weighted by Gasteiger charge is 2.52. The Morgan fingerprint density at radius 2 is 0.607 bits per heavy atom. The Kier molecular flexibility index (Phi) is 9.87. The van der Waals surface area contributed by atoms with Gasteiger partial charge >= 0.3 is 69.3 Å². The number of nitrogens with one attached hydrogen (secondary N) is 4. The van der Waals surface area contributed by atoms with Crippen molar-refractivity contribution < 1.29 is 49.2 Å². The number of hydrogen-bond acceptors (Lipinski definition) is 28. The molecule has 0 atom stereocenters. The predicted molar refractivity (Wildman–Crippen MR) is 163 cm³/mol. The summed E-state index contributed by atoms with van der Waals surface area (Å²) in [6.45, 7) is 0. The molecular formula is C16H4N20O20. The Morgan fingerprint density at radius 1 is 0.375 bits per heavy atom. The summed E-state index contributed by atoms with van der Waals surface area (Å²) in [4.78, 5) is 108. The van der Waals surface area contributed by atoms with Crippen LogP contribution in [0, 0.1) is 101 Å². The molecule has 56 heavy (non-hydrogen) atoms. The molecule has 2 aromatic carbocycles. The van der Waals surface area contributed by atoms with Crippen LogP contribution in [0.4, 0.5) is 92.0 Å². The van der Waals surface area contributed by atoms with E-state index in [0.717, 1.165) is 0 Å². The van der Waals surface area contributed by atoms with Gasteiger partial charge in [-0.15, -0.1) is 20.4 Å². The summed E-state index contributed by atoms with van der Waals surface area (Å²) < 4.78 is 0. The van der Waals surface area contributed by atoms with E-state index in [0.29, 0.717) is 0 Å². The van der Waals surface area contributed by atoms with Crippen LogP contribution in [0.25, 0.3) is 0 Å². The summed E-state index contributed by atoms with van der Waals surface area (Å²) in [7, 11) is 0. The fourth-order valence-electron chi connectivity index (χ4n) is 4.31. The first-order chi connectivity index (χ1) is 26.1. The topological polar surface area (TPSA) is 563 Å². The fraction of sp³-hybridized carbons (Fsp3) is 0. The van der Waals surface area contributed by atoms with Crippen LogP contribution >= 0.6 is 0 Å². The van der Waals surface area contributed by atoms with Crippen LogP contribution in [-0.2, 0) is 0 Å². The average molecular weight is 796 g/mol. The Morgan fingerprint density at radius 3 is 0.786 bits per heavy atom. The third kappa shape index (κ3) is 6.82. The van der Waals surface area contributed by atoms with Gasteiger partial charge in [-0.3, -0.25) is 91.5 Å². The van der Waals surface area contributed by atoms with Crippen molar-refractivity contribution in [2.45, 2.75) is 0 Å². The number of anilines is 4. The molecule has 0 saturated carbocycles. The lowest BCUT2D eigenvalue weighted by molar-refractivity contribution is -0.432. The molecule has 2 heterocycles. The van der Waals surface area contributed by atoms with E-state index in [1.54, 1.807) is 20.8 Å². The first kappa shape index (κ1) is 38.7. The van der Waals surface area contributed by atoms with E-state index in [9.17, 15) is 101 Å². The Hall–Kier alpha value is -10.1. The van der Waals surface area contributed by atoms with Gasteiger partial charge in [-0.25, -0.2) is 0 Å². The molecule has 40 heteroatoms. The van der Waals surface area contributed by atoms with Gasteiger partial charge in [-0.1, -0.05) is 10.2 Å². The molecule has 4 N–H and O–H groups in total. The number of rotatable bonds is 16. The van der Waals surface area contributed by atoms with Crippen LogP contribution in [0.15, 0.2) is 10.2 Å². The Labute approximate surface area is 294 Å². The van der Waals surface area contributed by atoms with Crippen molar-refractivity contribution in [2.24, 2.45) is 10.2 Å². The van der Waals surface area contributed by atoms with Crippen molar-refractivity contribution in [1.82, 2.24) is 30.4 Å².